The molecule has 0 N–H and O–H groups in total. The molecule has 0 saturated heterocycles. The Balaban J connectivity index is 3.00. The molecule has 0 saturated carbocycles. The van der Waals surface area contributed by atoms with Gasteiger partial charge in [0.1, 0.15) is 6.61 Å². The number of rotatable bonds is 4. The highest BCUT2D eigenvalue weighted by molar-refractivity contribution is 5.82. The summed E-state index contributed by atoms with van der Waals surface area (Å²) in [4.78, 5) is 11.3. The van der Waals surface area contributed by atoms with Gasteiger partial charge in [-0.1, -0.05) is 18.2 Å². The van der Waals surface area contributed by atoms with Crippen LogP contribution >= 0.6 is 0 Å². The van der Waals surface area contributed by atoms with Gasteiger partial charge in [-0.3, -0.25) is 0 Å². The van der Waals surface area contributed by atoms with Crippen molar-refractivity contribution in [3.05, 3.63) is 59.2 Å². The highest BCUT2D eigenvalue weighted by atomic mass is 19.4. The Labute approximate surface area is 128 Å². The smallest absolute Gasteiger partial charge is 0.416 e. The molecule has 0 aliphatic carbocycles. The number of hydrogen-bond acceptors (Lipinski definition) is 2. The normalized spacial score (nSPS) is 13.0. The van der Waals surface area contributed by atoms with Crippen LogP contribution in [0, 0.1) is 0 Å². The molecule has 0 unspecified atom stereocenters. The Morgan fingerprint density at radius 1 is 1.00 bits per heavy atom. The second-order valence-corrected chi connectivity index (χ2v) is 4.41. The molecule has 8 heteroatoms. The topological polar surface area (TPSA) is 26.3 Å². The Kier molecular flexibility index (Phi) is 6.00. The summed E-state index contributed by atoms with van der Waals surface area (Å²) < 4.78 is 80.5. The number of carbonyl (C=O) groups excluding carboxylic acids is 1. The van der Waals surface area contributed by atoms with Crippen molar-refractivity contribution in [2.45, 2.75) is 25.9 Å². The summed E-state index contributed by atoms with van der Waals surface area (Å²) in [5.41, 5.74) is -3.31. The number of carbonyl (C=O) groups is 1. The van der Waals surface area contributed by atoms with Crippen LogP contribution in [0.25, 0.3) is 0 Å². The molecule has 0 aromatic heterocycles. The number of esters is 1. The first kappa shape index (κ1) is 18.8. The summed E-state index contributed by atoms with van der Waals surface area (Å²) in [6, 6.07) is 1.04. The van der Waals surface area contributed by atoms with Crippen molar-refractivity contribution in [2.24, 2.45) is 0 Å². The SMILES string of the molecule is C/C=C/C=C/C(=O)OCc1cc(C(F)(F)F)cc(C(F)(F)F)c1. The van der Waals surface area contributed by atoms with Crippen LogP contribution in [0.1, 0.15) is 23.6 Å². The molecule has 2 nitrogen and oxygen atoms in total. The monoisotopic (exact) mass is 338 g/mol. The Morgan fingerprint density at radius 3 is 1.96 bits per heavy atom. The summed E-state index contributed by atoms with van der Waals surface area (Å²) in [7, 11) is 0. The predicted octanol–water partition coefficient (Wildman–Crippen LogP) is 4.90. The first-order chi connectivity index (χ1) is 10.5. The maximum absolute atomic E-state index is 12.6. The van der Waals surface area contributed by atoms with Crippen molar-refractivity contribution in [2.75, 3.05) is 0 Å². The summed E-state index contributed by atoms with van der Waals surface area (Å²) in [6.07, 6.45) is -4.43. The van der Waals surface area contributed by atoms with E-state index in [-0.39, 0.29) is 6.07 Å². The summed E-state index contributed by atoms with van der Waals surface area (Å²) in [5.74, 6) is -0.880. The van der Waals surface area contributed by atoms with Crippen molar-refractivity contribution in [1.82, 2.24) is 0 Å². The second kappa shape index (κ2) is 7.34. The molecule has 1 aromatic rings. The van der Waals surface area contributed by atoms with Gasteiger partial charge in [0.05, 0.1) is 11.1 Å². The molecular weight excluding hydrogens is 326 g/mol. The third-order valence-electron chi connectivity index (χ3n) is 2.56. The third-order valence-corrected chi connectivity index (χ3v) is 2.56. The molecular formula is C15H12F6O2. The average molecular weight is 338 g/mol. The number of hydrogen-bond donors (Lipinski definition) is 0. The van der Waals surface area contributed by atoms with Gasteiger partial charge in [-0.25, -0.2) is 4.79 Å². The lowest BCUT2D eigenvalue weighted by molar-refractivity contribution is -0.143. The van der Waals surface area contributed by atoms with Crippen LogP contribution in [0.2, 0.25) is 0 Å². The average Bonchev–Trinajstić information content (AvgIpc) is 2.43. The van der Waals surface area contributed by atoms with Crippen molar-refractivity contribution in [1.29, 1.82) is 0 Å². The Morgan fingerprint density at radius 2 is 1.52 bits per heavy atom. The zero-order valence-electron chi connectivity index (χ0n) is 11.8. The van der Waals surface area contributed by atoms with Crippen molar-refractivity contribution in [3.8, 4) is 0 Å². The predicted molar refractivity (Wildman–Crippen MR) is 70.2 cm³/mol. The van der Waals surface area contributed by atoms with E-state index >= 15 is 0 Å². The second-order valence-electron chi connectivity index (χ2n) is 4.41. The summed E-state index contributed by atoms with van der Waals surface area (Å²) in [6.45, 7) is 0.989. The largest absolute Gasteiger partial charge is 0.458 e. The zero-order chi connectivity index (χ0) is 17.7. The van der Waals surface area contributed by atoms with Gasteiger partial charge in [0, 0.05) is 6.08 Å². The first-order valence-electron chi connectivity index (χ1n) is 6.28. The van der Waals surface area contributed by atoms with Crippen molar-refractivity contribution in [3.63, 3.8) is 0 Å². The highest BCUT2D eigenvalue weighted by Crippen LogP contribution is 2.36. The van der Waals surface area contributed by atoms with Crippen LogP contribution in [-0.4, -0.2) is 5.97 Å². The van der Waals surface area contributed by atoms with Crippen LogP contribution < -0.4 is 0 Å². The van der Waals surface area contributed by atoms with Crippen LogP contribution in [0.3, 0.4) is 0 Å². The molecule has 126 valence electrons. The minimum atomic E-state index is -4.94. The first-order valence-corrected chi connectivity index (χ1v) is 6.28. The molecule has 0 heterocycles. The van der Waals surface area contributed by atoms with Crippen LogP contribution in [0.15, 0.2) is 42.5 Å². The maximum atomic E-state index is 12.6. The third kappa shape index (κ3) is 6.17. The molecule has 0 atom stereocenters. The molecule has 0 radical (unpaired) electrons. The van der Waals surface area contributed by atoms with Crippen LogP contribution in [0.5, 0.6) is 0 Å². The fraction of sp³-hybridized carbons (Fsp3) is 0.267. The Hall–Kier alpha value is -2.25. The molecule has 1 rings (SSSR count). The molecule has 0 bridgehead atoms. The van der Waals surface area contributed by atoms with E-state index in [0.29, 0.717) is 12.1 Å². The summed E-state index contributed by atoms with van der Waals surface area (Å²) >= 11 is 0. The van der Waals surface area contributed by atoms with Gasteiger partial charge < -0.3 is 4.74 Å². The number of ether oxygens (including phenoxy) is 1. The van der Waals surface area contributed by atoms with Gasteiger partial charge >= 0.3 is 18.3 Å². The van der Waals surface area contributed by atoms with E-state index in [1.165, 1.54) is 12.2 Å². The fourth-order valence-electron chi connectivity index (χ4n) is 1.55. The molecule has 1 aromatic carbocycles. The van der Waals surface area contributed by atoms with Gasteiger partial charge in [0.15, 0.2) is 0 Å². The maximum Gasteiger partial charge on any atom is 0.416 e. The molecule has 0 aliphatic rings. The quantitative estimate of drug-likeness (QED) is 0.338. The number of alkyl halides is 6. The lowest BCUT2D eigenvalue weighted by atomic mass is 10.1. The van der Waals surface area contributed by atoms with Gasteiger partial charge in [0.25, 0.3) is 0 Å². The van der Waals surface area contributed by atoms with Gasteiger partial charge in [-0.2, -0.15) is 26.3 Å². The summed E-state index contributed by atoms with van der Waals surface area (Å²) in [5, 5.41) is 0. The molecule has 0 spiro atoms. The minimum Gasteiger partial charge on any atom is -0.458 e. The van der Waals surface area contributed by atoms with E-state index in [9.17, 15) is 31.1 Å². The number of benzene rings is 1. The van der Waals surface area contributed by atoms with Gasteiger partial charge in [0.2, 0.25) is 0 Å². The lowest BCUT2D eigenvalue weighted by Gasteiger charge is -2.14. The molecule has 0 aliphatic heterocycles. The van der Waals surface area contributed by atoms with E-state index in [1.54, 1.807) is 13.0 Å². The number of halogens is 6. The van der Waals surface area contributed by atoms with Crippen molar-refractivity contribution < 1.29 is 35.9 Å². The highest BCUT2D eigenvalue weighted by Gasteiger charge is 2.36. The Bertz CT molecular complexity index is 579. The van der Waals surface area contributed by atoms with Crippen LogP contribution in [0.4, 0.5) is 26.3 Å². The van der Waals surface area contributed by atoms with E-state index in [2.05, 4.69) is 4.74 Å². The molecule has 0 amide bonds. The van der Waals surface area contributed by atoms with E-state index in [4.69, 9.17) is 0 Å². The van der Waals surface area contributed by atoms with E-state index in [1.807, 2.05) is 0 Å². The van der Waals surface area contributed by atoms with Gasteiger partial charge in [-0.05, 0) is 30.7 Å². The lowest BCUT2D eigenvalue weighted by Crippen LogP contribution is -2.12. The molecule has 0 fully saturated rings. The molecule has 23 heavy (non-hydrogen) atoms. The van der Waals surface area contributed by atoms with Gasteiger partial charge in [-0.15, -0.1) is 0 Å². The fourth-order valence-corrected chi connectivity index (χ4v) is 1.55. The zero-order valence-corrected chi connectivity index (χ0v) is 11.8. The minimum absolute atomic E-state index is 0.0112. The van der Waals surface area contributed by atoms with Crippen molar-refractivity contribution >= 4 is 5.97 Å². The number of allylic oxidation sites excluding steroid dienone is 3. The standard InChI is InChI=1S/C15H12F6O2/c1-2-3-4-5-13(22)23-9-10-6-11(14(16,17)18)8-12(7-10)15(19,20)21/h2-8H,9H2,1H3/b3-2+,5-4+. The van der Waals surface area contributed by atoms with Crippen LogP contribution in [-0.2, 0) is 28.5 Å². The van der Waals surface area contributed by atoms with E-state index in [0.717, 1.165) is 6.08 Å². The van der Waals surface area contributed by atoms with E-state index < -0.39 is 41.6 Å².